The number of pyridine rings is 1. The van der Waals surface area contributed by atoms with Crippen molar-refractivity contribution in [3.05, 3.63) is 36.0 Å². The average Bonchev–Trinajstić information content (AvgIpc) is 3.32. The Morgan fingerprint density at radius 2 is 2.00 bits per heavy atom. The molecule has 0 atom stereocenters. The highest BCUT2D eigenvalue weighted by molar-refractivity contribution is 5.79. The summed E-state index contributed by atoms with van der Waals surface area (Å²) in [4.78, 5) is 13.4. The third-order valence-corrected chi connectivity index (χ3v) is 5.84. The number of rotatable bonds is 5. The lowest BCUT2D eigenvalue weighted by atomic mass is 9.85. The lowest BCUT2D eigenvalue weighted by Gasteiger charge is -2.27. The Hall–Kier alpha value is -3.21. The van der Waals surface area contributed by atoms with Gasteiger partial charge < -0.3 is 10.1 Å². The predicted octanol–water partition coefficient (Wildman–Crippen LogP) is 3.72. The van der Waals surface area contributed by atoms with E-state index in [4.69, 9.17) is 4.98 Å². The molecule has 162 valence electrons. The first-order chi connectivity index (χ1) is 15.0. The van der Waals surface area contributed by atoms with Crippen LogP contribution in [0.3, 0.4) is 0 Å². The lowest BCUT2D eigenvalue weighted by Crippen LogP contribution is -2.23. The number of hydrogen-bond acceptors (Lipinski definition) is 7. The van der Waals surface area contributed by atoms with Gasteiger partial charge in [-0.3, -0.25) is 4.68 Å². The molecule has 0 amide bonds. The summed E-state index contributed by atoms with van der Waals surface area (Å²) in [5, 5.41) is 12.1. The molecule has 0 saturated heterocycles. The van der Waals surface area contributed by atoms with E-state index in [1.165, 1.54) is 6.33 Å². The second-order valence-corrected chi connectivity index (χ2v) is 7.86. The van der Waals surface area contributed by atoms with E-state index in [9.17, 15) is 8.78 Å². The van der Waals surface area contributed by atoms with Gasteiger partial charge in [0.15, 0.2) is 5.65 Å². The molecular formula is C20H22F2N8O. The fourth-order valence-corrected chi connectivity index (χ4v) is 4.23. The molecule has 1 N–H and O–H groups in total. The van der Waals surface area contributed by atoms with Crippen molar-refractivity contribution in [2.24, 2.45) is 7.05 Å². The number of ether oxygens (including phenoxy) is 1. The van der Waals surface area contributed by atoms with Gasteiger partial charge in [-0.15, -0.1) is 0 Å². The summed E-state index contributed by atoms with van der Waals surface area (Å²) in [6.45, 7) is -0.746. The number of nitrogens with zero attached hydrogens (tertiary/aromatic N) is 7. The first-order valence-electron chi connectivity index (χ1n) is 10.2. The SMILES string of the molecule is Cc1cc2ncnn2cc1Nc1ncc2c(n1)c(C1CCC(OC(F)F)CC1)nn2C. The van der Waals surface area contributed by atoms with E-state index < -0.39 is 12.7 Å². The molecule has 0 aromatic carbocycles. The van der Waals surface area contributed by atoms with Crippen molar-refractivity contribution < 1.29 is 13.5 Å². The molecule has 0 radical (unpaired) electrons. The van der Waals surface area contributed by atoms with Gasteiger partial charge in [0.25, 0.3) is 0 Å². The number of fused-ring (bicyclic) bond motifs is 2. The Labute approximate surface area is 176 Å². The Morgan fingerprint density at radius 3 is 2.77 bits per heavy atom. The molecule has 31 heavy (non-hydrogen) atoms. The zero-order chi connectivity index (χ0) is 21.5. The van der Waals surface area contributed by atoms with Gasteiger partial charge in [-0.1, -0.05) is 0 Å². The molecule has 0 aliphatic heterocycles. The lowest BCUT2D eigenvalue weighted by molar-refractivity contribution is -0.170. The van der Waals surface area contributed by atoms with Gasteiger partial charge in [-0.05, 0) is 44.2 Å². The van der Waals surface area contributed by atoms with Crippen molar-refractivity contribution in [3.8, 4) is 0 Å². The van der Waals surface area contributed by atoms with Crippen LogP contribution in [-0.2, 0) is 11.8 Å². The highest BCUT2D eigenvalue weighted by Crippen LogP contribution is 2.36. The van der Waals surface area contributed by atoms with E-state index in [1.807, 2.05) is 26.2 Å². The molecule has 5 rings (SSSR count). The van der Waals surface area contributed by atoms with Crippen LogP contribution in [0.15, 0.2) is 24.8 Å². The van der Waals surface area contributed by atoms with E-state index >= 15 is 0 Å². The van der Waals surface area contributed by atoms with Gasteiger partial charge in [0.2, 0.25) is 5.95 Å². The summed E-state index contributed by atoms with van der Waals surface area (Å²) < 4.78 is 33.1. The van der Waals surface area contributed by atoms with Crippen molar-refractivity contribution in [1.29, 1.82) is 0 Å². The van der Waals surface area contributed by atoms with Gasteiger partial charge in [0, 0.05) is 13.0 Å². The van der Waals surface area contributed by atoms with Crippen LogP contribution in [0.1, 0.15) is 42.9 Å². The molecule has 4 aromatic heterocycles. The number of nitrogens with one attached hydrogen (secondary N) is 1. The fraction of sp³-hybridized carbons (Fsp3) is 0.450. The molecule has 0 spiro atoms. The van der Waals surface area contributed by atoms with Gasteiger partial charge in [0.05, 0.1) is 29.9 Å². The Bertz CT molecular complexity index is 1230. The van der Waals surface area contributed by atoms with Gasteiger partial charge >= 0.3 is 6.61 Å². The number of aryl methyl sites for hydroxylation is 2. The highest BCUT2D eigenvalue weighted by Gasteiger charge is 2.28. The van der Waals surface area contributed by atoms with Crippen LogP contribution in [0, 0.1) is 6.92 Å². The molecular weight excluding hydrogens is 406 g/mol. The quantitative estimate of drug-likeness (QED) is 0.518. The molecule has 1 fully saturated rings. The smallest absolute Gasteiger partial charge is 0.323 e. The van der Waals surface area contributed by atoms with Crippen LogP contribution in [0.5, 0.6) is 0 Å². The Balaban J connectivity index is 1.42. The minimum atomic E-state index is -2.72. The molecule has 11 heteroatoms. The topological polar surface area (TPSA) is 95.1 Å². The highest BCUT2D eigenvalue weighted by atomic mass is 19.3. The summed E-state index contributed by atoms with van der Waals surface area (Å²) in [5.74, 6) is 0.608. The zero-order valence-corrected chi connectivity index (χ0v) is 17.2. The van der Waals surface area contributed by atoms with Crippen molar-refractivity contribution in [2.45, 2.75) is 51.2 Å². The molecule has 0 bridgehead atoms. The minimum absolute atomic E-state index is 0.150. The normalized spacial score (nSPS) is 19.5. The molecule has 1 aliphatic carbocycles. The Kier molecular flexibility index (Phi) is 4.97. The van der Waals surface area contributed by atoms with E-state index in [0.717, 1.165) is 46.5 Å². The molecule has 4 aromatic rings. The maximum Gasteiger partial charge on any atom is 0.345 e. The van der Waals surface area contributed by atoms with Gasteiger partial charge in [-0.25, -0.2) is 19.5 Å². The number of alkyl halides is 2. The maximum atomic E-state index is 12.5. The Morgan fingerprint density at radius 1 is 1.19 bits per heavy atom. The first kappa shape index (κ1) is 19.7. The summed E-state index contributed by atoms with van der Waals surface area (Å²) in [6, 6.07) is 1.93. The number of hydrogen-bond donors (Lipinski definition) is 1. The van der Waals surface area contributed by atoms with Crippen LogP contribution in [0.25, 0.3) is 16.7 Å². The second-order valence-electron chi connectivity index (χ2n) is 7.86. The monoisotopic (exact) mass is 428 g/mol. The van der Waals surface area contributed by atoms with Crippen LogP contribution in [0.4, 0.5) is 20.4 Å². The van der Waals surface area contributed by atoms with Crippen LogP contribution in [-0.4, -0.2) is 47.1 Å². The molecule has 1 saturated carbocycles. The van der Waals surface area contributed by atoms with Gasteiger partial charge in [-0.2, -0.15) is 19.0 Å². The molecule has 9 nitrogen and oxygen atoms in total. The van der Waals surface area contributed by atoms with Crippen molar-refractivity contribution in [3.63, 3.8) is 0 Å². The summed E-state index contributed by atoms with van der Waals surface area (Å²) in [7, 11) is 1.86. The van der Waals surface area contributed by atoms with Crippen molar-refractivity contribution in [1.82, 2.24) is 34.3 Å². The molecule has 4 heterocycles. The standard InChI is InChI=1S/C20H22F2N8O/c1-11-7-16-24-10-25-30(16)9-14(11)26-20-23-8-15-18(27-20)17(28-29(15)2)12-3-5-13(6-4-12)31-19(21)22/h7-10,12-13,19H,3-6H2,1-2H3,(H,23,26,27). The molecule has 1 aliphatic rings. The maximum absolute atomic E-state index is 12.5. The average molecular weight is 428 g/mol. The third kappa shape index (κ3) is 3.80. The van der Waals surface area contributed by atoms with Crippen LogP contribution < -0.4 is 5.32 Å². The third-order valence-electron chi connectivity index (χ3n) is 5.84. The van der Waals surface area contributed by atoms with E-state index in [1.54, 1.807) is 15.4 Å². The van der Waals surface area contributed by atoms with Crippen molar-refractivity contribution in [2.75, 3.05) is 5.32 Å². The predicted molar refractivity (Wildman–Crippen MR) is 109 cm³/mol. The first-order valence-corrected chi connectivity index (χ1v) is 10.2. The zero-order valence-electron chi connectivity index (χ0n) is 17.2. The van der Waals surface area contributed by atoms with Gasteiger partial charge in [0.1, 0.15) is 17.4 Å². The number of anilines is 2. The van der Waals surface area contributed by atoms with E-state index in [-0.39, 0.29) is 5.92 Å². The summed E-state index contributed by atoms with van der Waals surface area (Å²) in [6.07, 6.45) is 7.34. The largest absolute Gasteiger partial charge is 0.345 e. The summed E-state index contributed by atoms with van der Waals surface area (Å²) >= 11 is 0. The number of aromatic nitrogens is 7. The van der Waals surface area contributed by atoms with Crippen LogP contribution in [0.2, 0.25) is 0 Å². The second kappa shape index (κ2) is 7.80. The summed E-state index contributed by atoms with van der Waals surface area (Å²) in [5.41, 5.74) is 5.07. The van der Waals surface area contributed by atoms with Crippen molar-refractivity contribution >= 4 is 28.3 Å². The fourth-order valence-electron chi connectivity index (χ4n) is 4.23. The van der Waals surface area contributed by atoms with E-state index in [0.29, 0.717) is 18.8 Å². The minimum Gasteiger partial charge on any atom is -0.323 e. The molecule has 0 unspecified atom stereocenters. The number of halogens is 2. The van der Waals surface area contributed by atoms with Crippen LogP contribution >= 0.6 is 0 Å². The van der Waals surface area contributed by atoms with E-state index in [2.05, 4.69) is 30.2 Å².